The number of carboxylic acids is 2. The molecule has 0 aliphatic carbocycles. The van der Waals surface area contributed by atoms with E-state index in [-0.39, 0.29) is 49.9 Å². The van der Waals surface area contributed by atoms with Gasteiger partial charge in [0, 0.05) is 49.0 Å². The van der Waals surface area contributed by atoms with E-state index < -0.39 is 52.3 Å². The largest absolute Gasteiger partial charge is 2.00 e. The molecule has 0 aromatic carbocycles. The van der Waals surface area contributed by atoms with Gasteiger partial charge in [0.05, 0.1) is 22.8 Å². The molecule has 2 unspecified atom stereocenters. The van der Waals surface area contributed by atoms with Crippen molar-refractivity contribution in [3.8, 4) is 22.8 Å². The van der Waals surface area contributed by atoms with Gasteiger partial charge in [-0.1, -0.05) is 24.3 Å². The number of hydrogen-bond donors (Lipinski definition) is 2. The second-order valence-electron chi connectivity index (χ2n) is 7.83. The fourth-order valence-corrected chi connectivity index (χ4v) is 3.45. The average molecular weight is 785 g/mol. The Hall–Kier alpha value is -2.99. The van der Waals surface area contributed by atoms with Gasteiger partial charge in [-0.2, -0.15) is 0 Å². The quantitative estimate of drug-likeness (QED) is 0.109. The molecule has 4 aromatic rings. The minimum Gasteiger partial charge on any atom is -0.779 e. The van der Waals surface area contributed by atoms with Crippen LogP contribution >= 0.6 is 15.2 Å². The SMILES string of the molecule is O=C([O-])CCP(=O)([O-])O.O=C([O-])CCP(=O)([O-])O.[OH3+].[OH3+].[Zn+2].[Zn+2].c1ccc(-c2ccccn2)nc1.c1ccc(-c2ccccn2)nc1. The van der Waals surface area contributed by atoms with Crippen LogP contribution in [0.3, 0.4) is 0 Å². The molecular weight excluding hydrogens is 753 g/mol. The van der Waals surface area contributed by atoms with Crippen LogP contribution < -0.4 is 20.0 Å². The molecule has 46 heavy (non-hydrogen) atoms. The standard InChI is InChI=1S/2C10H8N2.2C3H7O5P.2H2O.2Zn/c2*1-3-7-11-9(5-1)10-6-2-4-8-12-10;2*4-3(5)1-2-9(6,7)8;;;;/h2*1-8H;2*1-2H2,(H,4,5)(H2,6,7,8);2*1H2;;/q;;;;;;2*+2/p-2. The van der Waals surface area contributed by atoms with E-state index in [2.05, 4.69) is 19.9 Å². The van der Waals surface area contributed by atoms with Gasteiger partial charge >= 0.3 is 39.0 Å². The van der Waals surface area contributed by atoms with Crippen LogP contribution in [-0.2, 0) is 68.6 Å². The molecule has 0 fully saturated rings. The number of rotatable bonds is 8. The van der Waals surface area contributed by atoms with Crippen molar-refractivity contribution in [1.29, 1.82) is 0 Å². The summed E-state index contributed by atoms with van der Waals surface area (Å²) in [7, 11) is -8.78. The number of carboxylic acid groups (broad SMARTS) is 2. The first-order valence-electron chi connectivity index (χ1n) is 11.9. The van der Waals surface area contributed by atoms with Crippen molar-refractivity contribution >= 4 is 27.1 Å². The summed E-state index contributed by atoms with van der Waals surface area (Å²) in [6.07, 6.45) is 4.25. The Kier molecular flexibility index (Phi) is 29.4. The average Bonchev–Trinajstić information content (AvgIpc) is 2.97. The minimum atomic E-state index is -4.39. The molecule has 20 heteroatoms. The van der Waals surface area contributed by atoms with Crippen molar-refractivity contribution in [3.63, 3.8) is 0 Å². The van der Waals surface area contributed by atoms with Gasteiger partial charge in [-0.15, -0.1) is 0 Å². The number of aliphatic carboxylic acids is 2. The Morgan fingerprint density at radius 1 is 0.543 bits per heavy atom. The second-order valence-corrected chi connectivity index (χ2v) is 11.3. The maximum atomic E-state index is 9.83. The molecular formula is C26H32N4O12P2Zn2+2. The number of nitrogens with zero attached hydrogens (tertiary/aromatic N) is 4. The molecule has 8 N–H and O–H groups in total. The van der Waals surface area contributed by atoms with Crippen LogP contribution in [0.2, 0.25) is 0 Å². The van der Waals surface area contributed by atoms with Crippen LogP contribution in [0.15, 0.2) is 97.6 Å². The van der Waals surface area contributed by atoms with Gasteiger partial charge in [0.2, 0.25) is 0 Å². The summed E-state index contributed by atoms with van der Waals surface area (Å²) in [5.41, 5.74) is 3.66. The summed E-state index contributed by atoms with van der Waals surface area (Å²) >= 11 is 0. The Balaban J connectivity index is -0.000000251. The monoisotopic (exact) mass is 782 g/mol. The Bertz CT molecular complexity index is 1250. The van der Waals surface area contributed by atoms with Crippen LogP contribution in [-0.4, -0.2) is 54.0 Å². The van der Waals surface area contributed by atoms with E-state index >= 15 is 0 Å². The minimum absolute atomic E-state index is 0. The Morgan fingerprint density at radius 3 is 0.870 bits per heavy atom. The zero-order valence-corrected chi connectivity index (χ0v) is 32.2. The van der Waals surface area contributed by atoms with Crippen molar-refractivity contribution in [3.05, 3.63) is 97.6 Å². The van der Waals surface area contributed by atoms with Gasteiger partial charge in [0.1, 0.15) is 15.2 Å². The molecule has 0 amide bonds. The van der Waals surface area contributed by atoms with Crippen LogP contribution in [0.1, 0.15) is 12.8 Å². The predicted molar refractivity (Wildman–Crippen MR) is 153 cm³/mol. The fraction of sp³-hybridized carbons (Fsp3) is 0.154. The molecule has 2 atom stereocenters. The van der Waals surface area contributed by atoms with Crippen molar-refractivity contribution in [1.82, 2.24) is 19.9 Å². The molecule has 0 aliphatic rings. The van der Waals surface area contributed by atoms with Crippen LogP contribution in [0, 0.1) is 0 Å². The molecule has 0 aliphatic heterocycles. The number of pyridine rings is 4. The molecule has 16 nitrogen and oxygen atoms in total. The van der Waals surface area contributed by atoms with Crippen molar-refractivity contribution < 1.29 is 98.4 Å². The van der Waals surface area contributed by atoms with E-state index in [1.165, 1.54) is 0 Å². The van der Waals surface area contributed by atoms with Crippen molar-refractivity contribution in [2.24, 2.45) is 0 Å². The van der Waals surface area contributed by atoms with E-state index in [1.807, 2.05) is 72.8 Å². The number of carbonyl (C=O) groups is 2. The zero-order valence-electron chi connectivity index (χ0n) is 24.5. The van der Waals surface area contributed by atoms with Gasteiger partial charge in [0.25, 0.3) is 0 Å². The summed E-state index contributed by atoms with van der Waals surface area (Å²) in [4.78, 5) is 71.5. The maximum Gasteiger partial charge on any atom is 2.00 e. The first kappa shape index (κ1) is 49.9. The molecule has 4 heterocycles. The van der Waals surface area contributed by atoms with E-state index in [0.717, 1.165) is 22.8 Å². The van der Waals surface area contributed by atoms with Gasteiger partial charge < -0.3 is 59.5 Å². The maximum absolute atomic E-state index is 9.83. The van der Waals surface area contributed by atoms with E-state index in [0.29, 0.717) is 0 Å². The van der Waals surface area contributed by atoms with Crippen LogP contribution in [0.25, 0.3) is 22.8 Å². The molecule has 0 saturated carbocycles. The summed E-state index contributed by atoms with van der Waals surface area (Å²) in [5.74, 6) is -2.97. The van der Waals surface area contributed by atoms with Gasteiger partial charge in [-0.05, 0) is 61.4 Å². The van der Waals surface area contributed by atoms with Crippen LogP contribution in [0.5, 0.6) is 0 Å². The summed E-state index contributed by atoms with van der Waals surface area (Å²) in [6.45, 7) is 0. The third kappa shape index (κ3) is 27.3. The molecule has 0 radical (unpaired) electrons. The third-order valence-electron chi connectivity index (χ3n) is 4.38. The topological polar surface area (TPSA) is 319 Å². The predicted octanol–water partition coefficient (Wildman–Crippen LogP) is -2.22. The summed E-state index contributed by atoms with van der Waals surface area (Å²) < 4.78 is 19.7. The van der Waals surface area contributed by atoms with Crippen LogP contribution in [0.4, 0.5) is 0 Å². The molecule has 240 valence electrons. The molecule has 4 rings (SSSR count). The van der Waals surface area contributed by atoms with Crippen molar-refractivity contribution in [2.75, 3.05) is 12.3 Å². The number of hydrogen-bond acceptors (Lipinski definition) is 12. The summed E-state index contributed by atoms with van der Waals surface area (Å²) in [6, 6.07) is 23.2. The molecule has 4 aromatic heterocycles. The smallest absolute Gasteiger partial charge is 0.779 e. The molecule has 0 saturated heterocycles. The third-order valence-corrected chi connectivity index (χ3v) is 5.96. The first-order valence-corrected chi connectivity index (χ1v) is 15.4. The Morgan fingerprint density at radius 2 is 0.761 bits per heavy atom. The molecule has 0 bridgehead atoms. The fourth-order valence-electron chi connectivity index (χ4n) is 2.52. The number of aromatic nitrogens is 4. The molecule has 0 spiro atoms. The van der Waals surface area contributed by atoms with E-state index in [4.69, 9.17) is 9.79 Å². The van der Waals surface area contributed by atoms with Gasteiger partial charge in [-0.25, -0.2) is 0 Å². The normalized spacial score (nSPS) is 11.6. The van der Waals surface area contributed by atoms with E-state index in [1.54, 1.807) is 24.8 Å². The van der Waals surface area contributed by atoms with Gasteiger partial charge in [0.15, 0.2) is 0 Å². The number of carbonyl (C=O) groups excluding carboxylic acids is 2. The summed E-state index contributed by atoms with van der Waals surface area (Å²) in [5, 5.41) is 19.1. The zero-order chi connectivity index (χ0) is 31.4. The second kappa shape index (κ2) is 27.2. The van der Waals surface area contributed by atoms with E-state index in [9.17, 15) is 38.7 Å². The van der Waals surface area contributed by atoms with Gasteiger partial charge in [-0.3, -0.25) is 19.9 Å². The first-order chi connectivity index (χ1) is 19.8. The van der Waals surface area contributed by atoms with Crippen molar-refractivity contribution in [2.45, 2.75) is 12.8 Å². The Labute approximate surface area is 289 Å².